The molecule has 21 heavy (non-hydrogen) atoms. The molecule has 4 rings (SSSR count). The van der Waals surface area contributed by atoms with Crippen LogP contribution in [0.25, 0.3) is 28.2 Å². The Labute approximate surface area is 118 Å². The molecule has 0 aliphatic heterocycles. The number of nitrogens with zero attached hydrogens (tertiary/aromatic N) is 4. The van der Waals surface area contributed by atoms with Crippen LogP contribution in [0.2, 0.25) is 0 Å². The maximum atomic E-state index is 12.5. The SMILES string of the molecule is O=c1c(-c2ccn[nH]2)cnc2c(-c3ccccn3)c[nH]n12. The summed E-state index contributed by atoms with van der Waals surface area (Å²) < 4.78 is 1.40. The zero-order valence-corrected chi connectivity index (χ0v) is 10.8. The lowest BCUT2D eigenvalue weighted by atomic mass is 10.2. The molecule has 0 radical (unpaired) electrons. The van der Waals surface area contributed by atoms with Gasteiger partial charge in [0.15, 0.2) is 5.65 Å². The average molecular weight is 278 g/mol. The quantitative estimate of drug-likeness (QED) is 0.581. The molecular weight excluding hydrogens is 268 g/mol. The highest BCUT2D eigenvalue weighted by atomic mass is 16.1. The molecule has 0 fully saturated rings. The second-order valence-corrected chi connectivity index (χ2v) is 4.51. The summed E-state index contributed by atoms with van der Waals surface area (Å²) in [6, 6.07) is 7.34. The Hall–Kier alpha value is -3.22. The molecule has 7 heteroatoms. The summed E-state index contributed by atoms with van der Waals surface area (Å²) in [5.74, 6) is 0. The molecule has 0 aliphatic rings. The van der Waals surface area contributed by atoms with E-state index in [1.165, 1.54) is 4.52 Å². The second-order valence-electron chi connectivity index (χ2n) is 4.51. The van der Waals surface area contributed by atoms with Gasteiger partial charge in [-0.3, -0.25) is 20.0 Å². The summed E-state index contributed by atoms with van der Waals surface area (Å²) in [6.07, 6.45) is 6.57. The number of pyridine rings is 1. The third kappa shape index (κ3) is 1.75. The first-order valence-corrected chi connectivity index (χ1v) is 6.35. The van der Waals surface area contributed by atoms with Crippen LogP contribution in [0.1, 0.15) is 0 Å². The third-order valence-corrected chi connectivity index (χ3v) is 3.27. The summed E-state index contributed by atoms with van der Waals surface area (Å²) in [5, 5.41) is 9.54. The van der Waals surface area contributed by atoms with Gasteiger partial charge >= 0.3 is 0 Å². The van der Waals surface area contributed by atoms with Crippen molar-refractivity contribution in [1.82, 2.24) is 29.8 Å². The van der Waals surface area contributed by atoms with Crippen molar-refractivity contribution < 1.29 is 0 Å². The van der Waals surface area contributed by atoms with E-state index in [1.54, 1.807) is 30.9 Å². The summed E-state index contributed by atoms with van der Waals surface area (Å²) in [6.45, 7) is 0. The molecule has 7 nitrogen and oxygen atoms in total. The van der Waals surface area contributed by atoms with Gasteiger partial charge in [-0.2, -0.15) is 5.10 Å². The van der Waals surface area contributed by atoms with Crippen molar-refractivity contribution >= 4 is 5.65 Å². The minimum Gasteiger partial charge on any atom is -0.296 e. The highest BCUT2D eigenvalue weighted by Crippen LogP contribution is 2.20. The molecule has 4 aromatic heterocycles. The van der Waals surface area contributed by atoms with E-state index < -0.39 is 0 Å². The molecule has 0 unspecified atom stereocenters. The van der Waals surface area contributed by atoms with E-state index in [4.69, 9.17) is 0 Å². The van der Waals surface area contributed by atoms with E-state index in [2.05, 4.69) is 25.3 Å². The van der Waals surface area contributed by atoms with Gasteiger partial charge in [0.2, 0.25) is 0 Å². The Morgan fingerprint density at radius 2 is 2.00 bits per heavy atom. The van der Waals surface area contributed by atoms with Gasteiger partial charge in [0.05, 0.1) is 22.5 Å². The number of nitrogens with one attached hydrogen (secondary N) is 2. The van der Waals surface area contributed by atoms with Gasteiger partial charge in [0.25, 0.3) is 5.56 Å². The fourth-order valence-electron chi connectivity index (χ4n) is 2.26. The van der Waals surface area contributed by atoms with Crippen LogP contribution < -0.4 is 5.56 Å². The fraction of sp³-hybridized carbons (Fsp3) is 0. The van der Waals surface area contributed by atoms with Crippen molar-refractivity contribution in [2.24, 2.45) is 0 Å². The molecule has 0 saturated heterocycles. The van der Waals surface area contributed by atoms with E-state index in [0.717, 1.165) is 11.3 Å². The number of H-pyrrole nitrogens is 2. The lowest BCUT2D eigenvalue weighted by Crippen LogP contribution is -2.17. The summed E-state index contributed by atoms with van der Waals surface area (Å²) in [7, 11) is 0. The van der Waals surface area contributed by atoms with Gasteiger partial charge in [0, 0.05) is 24.8 Å². The first-order chi connectivity index (χ1) is 10.3. The Balaban J connectivity index is 1.96. The van der Waals surface area contributed by atoms with Crippen LogP contribution in [0.3, 0.4) is 0 Å². The number of aromatic nitrogens is 6. The minimum atomic E-state index is -0.188. The Bertz CT molecular complexity index is 952. The molecule has 0 saturated carbocycles. The lowest BCUT2D eigenvalue weighted by molar-refractivity contribution is 0.899. The molecule has 0 spiro atoms. The zero-order valence-electron chi connectivity index (χ0n) is 10.8. The molecular formula is C14H10N6O. The van der Waals surface area contributed by atoms with Crippen molar-refractivity contribution in [2.75, 3.05) is 0 Å². The summed E-state index contributed by atoms with van der Waals surface area (Å²) >= 11 is 0. The molecule has 0 amide bonds. The minimum absolute atomic E-state index is 0.188. The van der Waals surface area contributed by atoms with Crippen molar-refractivity contribution in [3.8, 4) is 22.5 Å². The average Bonchev–Trinajstić information content (AvgIpc) is 3.18. The predicted molar refractivity (Wildman–Crippen MR) is 76.6 cm³/mol. The van der Waals surface area contributed by atoms with E-state index in [1.807, 2.05) is 18.2 Å². The largest absolute Gasteiger partial charge is 0.296 e. The van der Waals surface area contributed by atoms with Gasteiger partial charge in [-0.05, 0) is 18.2 Å². The molecule has 0 bridgehead atoms. The van der Waals surface area contributed by atoms with E-state index in [-0.39, 0.29) is 5.56 Å². The molecule has 0 aliphatic carbocycles. The third-order valence-electron chi connectivity index (χ3n) is 3.27. The molecule has 4 heterocycles. The van der Waals surface area contributed by atoms with Crippen LogP contribution >= 0.6 is 0 Å². The van der Waals surface area contributed by atoms with Gasteiger partial charge in [-0.15, -0.1) is 0 Å². The summed E-state index contributed by atoms with van der Waals surface area (Å²) in [4.78, 5) is 21.2. The Kier molecular flexibility index (Phi) is 2.43. The fourth-order valence-corrected chi connectivity index (χ4v) is 2.26. The summed E-state index contributed by atoms with van der Waals surface area (Å²) in [5.41, 5.74) is 2.99. The molecule has 102 valence electrons. The normalized spacial score (nSPS) is 11.0. The van der Waals surface area contributed by atoms with Crippen LogP contribution in [0, 0.1) is 0 Å². The van der Waals surface area contributed by atoms with E-state index >= 15 is 0 Å². The van der Waals surface area contributed by atoms with Crippen molar-refractivity contribution in [2.45, 2.75) is 0 Å². The highest BCUT2D eigenvalue weighted by Gasteiger charge is 2.13. The lowest BCUT2D eigenvalue weighted by Gasteiger charge is -2.00. The van der Waals surface area contributed by atoms with Crippen LogP contribution in [0.5, 0.6) is 0 Å². The standard InChI is InChI=1S/C14H10N6O/c21-14-10(12-4-6-17-19-12)7-16-13-9(8-18-20(13)14)11-3-1-2-5-15-11/h1-8,18H,(H,17,19). The van der Waals surface area contributed by atoms with Crippen molar-refractivity contribution in [3.63, 3.8) is 0 Å². The highest BCUT2D eigenvalue weighted by molar-refractivity contribution is 5.75. The number of hydrogen-bond donors (Lipinski definition) is 2. The first kappa shape index (κ1) is 11.6. The second kappa shape index (κ2) is 4.41. The van der Waals surface area contributed by atoms with Gasteiger partial charge in [-0.1, -0.05) is 6.07 Å². The van der Waals surface area contributed by atoms with E-state index in [9.17, 15) is 4.79 Å². The zero-order chi connectivity index (χ0) is 14.2. The van der Waals surface area contributed by atoms with Gasteiger partial charge in [0.1, 0.15) is 0 Å². The topological polar surface area (TPSA) is 91.7 Å². The van der Waals surface area contributed by atoms with Crippen LogP contribution in [0.15, 0.2) is 53.8 Å². The molecule has 0 atom stereocenters. The molecule has 2 N–H and O–H groups in total. The molecule has 4 aromatic rings. The van der Waals surface area contributed by atoms with Crippen molar-refractivity contribution in [1.29, 1.82) is 0 Å². The van der Waals surface area contributed by atoms with Crippen molar-refractivity contribution in [3.05, 3.63) is 59.4 Å². The number of fused-ring (bicyclic) bond motifs is 1. The molecule has 0 aromatic carbocycles. The smallest absolute Gasteiger partial charge is 0.282 e. The number of rotatable bonds is 2. The maximum absolute atomic E-state index is 12.5. The van der Waals surface area contributed by atoms with Crippen LogP contribution in [-0.4, -0.2) is 29.8 Å². The Morgan fingerprint density at radius 3 is 2.76 bits per heavy atom. The monoisotopic (exact) mass is 278 g/mol. The number of hydrogen-bond acceptors (Lipinski definition) is 4. The first-order valence-electron chi connectivity index (χ1n) is 6.35. The van der Waals surface area contributed by atoms with Crippen LogP contribution in [0.4, 0.5) is 0 Å². The predicted octanol–water partition coefficient (Wildman–Crippen LogP) is 1.47. The maximum Gasteiger partial charge on any atom is 0.282 e. The van der Waals surface area contributed by atoms with Gasteiger partial charge < -0.3 is 0 Å². The van der Waals surface area contributed by atoms with Crippen LogP contribution in [-0.2, 0) is 0 Å². The van der Waals surface area contributed by atoms with E-state index in [0.29, 0.717) is 16.9 Å². The van der Waals surface area contributed by atoms with Gasteiger partial charge in [-0.25, -0.2) is 9.50 Å². The number of aromatic amines is 2. The Morgan fingerprint density at radius 1 is 1.05 bits per heavy atom.